The van der Waals surface area contributed by atoms with Gasteiger partial charge in [-0.15, -0.1) is 11.3 Å². The van der Waals surface area contributed by atoms with Crippen molar-refractivity contribution in [2.45, 2.75) is 6.04 Å². The van der Waals surface area contributed by atoms with Gasteiger partial charge in [-0.3, -0.25) is 9.78 Å². The van der Waals surface area contributed by atoms with E-state index in [1.54, 1.807) is 11.6 Å². The van der Waals surface area contributed by atoms with Crippen molar-refractivity contribution in [3.8, 4) is 10.6 Å². The molecule has 0 saturated carbocycles. The van der Waals surface area contributed by atoms with Gasteiger partial charge < -0.3 is 10.8 Å². The summed E-state index contributed by atoms with van der Waals surface area (Å²) < 4.78 is 0. The van der Waals surface area contributed by atoms with E-state index in [1.807, 2.05) is 30.3 Å². The second kappa shape index (κ2) is 4.99. The highest BCUT2D eigenvalue weighted by Gasteiger charge is 2.18. The molecule has 3 N–H and O–H groups in total. The van der Waals surface area contributed by atoms with Crippen molar-refractivity contribution in [2.75, 3.05) is 0 Å². The van der Waals surface area contributed by atoms with Crippen LogP contribution in [0.25, 0.3) is 21.5 Å². The zero-order chi connectivity index (χ0) is 14.1. The first-order valence-electron chi connectivity index (χ1n) is 5.95. The van der Waals surface area contributed by atoms with Crippen LogP contribution in [0.1, 0.15) is 11.7 Å². The summed E-state index contributed by atoms with van der Waals surface area (Å²) in [6, 6.07) is 8.58. The smallest absolute Gasteiger partial charge is 0.326 e. The van der Waals surface area contributed by atoms with Gasteiger partial charge in [0.15, 0.2) is 0 Å². The van der Waals surface area contributed by atoms with Gasteiger partial charge in [0, 0.05) is 22.5 Å². The van der Waals surface area contributed by atoms with Gasteiger partial charge in [0.2, 0.25) is 0 Å². The molecule has 0 radical (unpaired) electrons. The van der Waals surface area contributed by atoms with E-state index in [4.69, 9.17) is 10.8 Å². The molecular formula is C14H11N3O2S. The quantitative estimate of drug-likeness (QED) is 0.771. The SMILES string of the molecule is NC(C(=O)O)c1csc(-c2cccc3cccnc23)n1. The highest BCUT2D eigenvalue weighted by Crippen LogP contribution is 2.30. The van der Waals surface area contributed by atoms with Crippen LogP contribution < -0.4 is 5.73 Å². The van der Waals surface area contributed by atoms with Gasteiger partial charge in [0.1, 0.15) is 11.0 Å². The Morgan fingerprint density at radius 1 is 1.30 bits per heavy atom. The molecule has 3 aromatic rings. The monoisotopic (exact) mass is 285 g/mol. The van der Waals surface area contributed by atoms with E-state index in [2.05, 4.69) is 9.97 Å². The van der Waals surface area contributed by atoms with Crippen molar-refractivity contribution in [3.05, 3.63) is 47.6 Å². The fourth-order valence-electron chi connectivity index (χ4n) is 1.96. The summed E-state index contributed by atoms with van der Waals surface area (Å²) >= 11 is 1.37. The van der Waals surface area contributed by atoms with Crippen LogP contribution >= 0.6 is 11.3 Å². The number of aromatic nitrogens is 2. The normalized spacial score (nSPS) is 12.4. The Bertz CT molecular complexity index is 779. The third kappa shape index (κ3) is 2.15. The summed E-state index contributed by atoms with van der Waals surface area (Å²) in [6.07, 6.45) is 1.73. The number of nitrogens with two attached hydrogens (primary N) is 1. The summed E-state index contributed by atoms with van der Waals surface area (Å²) in [5.74, 6) is -1.09. The molecule has 5 nitrogen and oxygen atoms in total. The molecule has 0 aliphatic heterocycles. The molecule has 3 rings (SSSR count). The average Bonchev–Trinajstić information content (AvgIpc) is 2.95. The molecule has 0 spiro atoms. The van der Waals surface area contributed by atoms with Gasteiger partial charge in [0.25, 0.3) is 0 Å². The van der Waals surface area contributed by atoms with Crippen LogP contribution in [0.5, 0.6) is 0 Å². The molecule has 0 bridgehead atoms. The summed E-state index contributed by atoms with van der Waals surface area (Å²) in [7, 11) is 0. The molecule has 0 saturated heterocycles. The maximum Gasteiger partial charge on any atom is 0.326 e. The lowest BCUT2D eigenvalue weighted by atomic mass is 10.1. The number of nitrogens with zero attached hydrogens (tertiary/aromatic N) is 2. The van der Waals surface area contributed by atoms with E-state index < -0.39 is 12.0 Å². The van der Waals surface area contributed by atoms with Crippen molar-refractivity contribution in [1.29, 1.82) is 0 Å². The van der Waals surface area contributed by atoms with Gasteiger partial charge in [0.05, 0.1) is 11.2 Å². The number of para-hydroxylation sites is 1. The van der Waals surface area contributed by atoms with Crippen LogP contribution in [0, 0.1) is 0 Å². The zero-order valence-corrected chi connectivity index (χ0v) is 11.2. The van der Waals surface area contributed by atoms with Crippen LogP contribution in [0.4, 0.5) is 0 Å². The average molecular weight is 285 g/mol. The van der Waals surface area contributed by atoms with E-state index >= 15 is 0 Å². The second-order valence-electron chi connectivity index (χ2n) is 4.27. The topological polar surface area (TPSA) is 89.1 Å². The van der Waals surface area contributed by atoms with Crippen molar-refractivity contribution >= 4 is 28.2 Å². The predicted molar refractivity (Wildman–Crippen MR) is 77.4 cm³/mol. The minimum absolute atomic E-state index is 0.366. The first-order chi connectivity index (χ1) is 9.66. The minimum Gasteiger partial charge on any atom is -0.480 e. The van der Waals surface area contributed by atoms with Gasteiger partial charge >= 0.3 is 5.97 Å². The molecule has 0 amide bonds. The number of benzene rings is 1. The van der Waals surface area contributed by atoms with Gasteiger partial charge in [-0.2, -0.15) is 0 Å². The van der Waals surface area contributed by atoms with Crippen molar-refractivity contribution in [1.82, 2.24) is 9.97 Å². The third-order valence-electron chi connectivity index (χ3n) is 2.97. The number of carboxylic acids is 1. The molecule has 100 valence electrons. The summed E-state index contributed by atoms with van der Waals surface area (Å²) in [4.78, 5) is 19.6. The number of thiazole rings is 1. The second-order valence-corrected chi connectivity index (χ2v) is 5.13. The van der Waals surface area contributed by atoms with Crippen LogP contribution in [0.15, 0.2) is 41.9 Å². The van der Waals surface area contributed by atoms with E-state index in [0.717, 1.165) is 21.5 Å². The molecule has 6 heteroatoms. The molecule has 0 aliphatic carbocycles. The van der Waals surface area contributed by atoms with Crippen LogP contribution in [-0.4, -0.2) is 21.0 Å². The molecule has 0 fully saturated rings. The number of hydrogen-bond donors (Lipinski definition) is 2. The van der Waals surface area contributed by atoms with E-state index in [0.29, 0.717) is 5.69 Å². The summed E-state index contributed by atoms with van der Waals surface area (Å²) in [6.45, 7) is 0. The fraction of sp³-hybridized carbons (Fsp3) is 0.0714. The Kier molecular flexibility index (Phi) is 3.17. The number of rotatable bonds is 3. The Morgan fingerprint density at radius 3 is 2.90 bits per heavy atom. The molecule has 20 heavy (non-hydrogen) atoms. The van der Waals surface area contributed by atoms with Crippen LogP contribution in [-0.2, 0) is 4.79 Å². The highest BCUT2D eigenvalue weighted by atomic mass is 32.1. The number of hydrogen-bond acceptors (Lipinski definition) is 5. The molecule has 1 aromatic carbocycles. The minimum atomic E-state index is -1.09. The lowest BCUT2D eigenvalue weighted by molar-refractivity contribution is -0.138. The number of pyridine rings is 1. The van der Waals surface area contributed by atoms with Gasteiger partial charge in [-0.1, -0.05) is 18.2 Å². The molecule has 0 aliphatic rings. The number of carbonyl (C=O) groups is 1. The maximum absolute atomic E-state index is 10.9. The Morgan fingerprint density at radius 2 is 2.10 bits per heavy atom. The third-order valence-corrected chi connectivity index (χ3v) is 3.86. The van der Waals surface area contributed by atoms with Crippen molar-refractivity contribution in [3.63, 3.8) is 0 Å². The standard InChI is InChI=1S/C14H11N3O2S/c15-11(14(18)19)10-7-20-13(17-10)9-5-1-3-8-4-2-6-16-12(8)9/h1-7,11H,15H2,(H,18,19). The van der Waals surface area contributed by atoms with Crippen LogP contribution in [0.3, 0.4) is 0 Å². The zero-order valence-electron chi connectivity index (χ0n) is 10.4. The van der Waals surface area contributed by atoms with E-state index in [1.165, 1.54) is 11.3 Å². The molecule has 1 atom stereocenters. The van der Waals surface area contributed by atoms with Crippen molar-refractivity contribution < 1.29 is 9.90 Å². The lowest BCUT2D eigenvalue weighted by Gasteiger charge is -2.03. The van der Waals surface area contributed by atoms with E-state index in [-0.39, 0.29) is 0 Å². The Hall–Kier alpha value is -2.31. The number of fused-ring (bicyclic) bond motifs is 1. The largest absolute Gasteiger partial charge is 0.480 e. The molecule has 1 unspecified atom stereocenters. The number of aliphatic carboxylic acids is 1. The Balaban J connectivity index is 2.10. The van der Waals surface area contributed by atoms with E-state index in [9.17, 15) is 4.79 Å². The molecular weight excluding hydrogens is 274 g/mol. The molecule has 2 heterocycles. The molecule has 2 aromatic heterocycles. The number of carboxylic acid groups (broad SMARTS) is 1. The summed E-state index contributed by atoms with van der Waals surface area (Å²) in [5.41, 5.74) is 7.67. The highest BCUT2D eigenvalue weighted by molar-refractivity contribution is 7.13. The predicted octanol–water partition coefficient (Wildman–Crippen LogP) is 2.44. The lowest BCUT2D eigenvalue weighted by Crippen LogP contribution is -2.20. The van der Waals surface area contributed by atoms with Gasteiger partial charge in [-0.25, -0.2) is 4.98 Å². The van der Waals surface area contributed by atoms with Gasteiger partial charge in [-0.05, 0) is 12.1 Å². The maximum atomic E-state index is 10.9. The fourth-order valence-corrected chi connectivity index (χ4v) is 2.84. The van der Waals surface area contributed by atoms with Crippen LogP contribution in [0.2, 0.25) is 0 Å². The van der Waals surface area contributed by atoms with Crippen molar-refractivity contribution in [2.24, 2.45) is 5.73 Å². The first-order valence-corrected chi connectivity index (χ1v) is 6.82. The summed E-state index contributed by atoms with van der Waals surface area (Å²) in [5, 5.41) is 12.3. The first kappa shape index (κ1) is 12.7. The Labute approximate surface area is 118 Å².